The van der Waals surface area contributed by atoms with E-state index in [1.807, 2.05) is 12.1 Å². The lowest BCUT2D eigenvalue weighted by atomic mass is 9.89. The number of likely N-dealkylation sites (tertiary alicyclic amines) is 1. The zero-order valence-electron chi connectivity index (χ0n) is 12.9. The molecular weight excluding hydrogens is 296 g/mol. The first-order chi connectivity index (χ1) is 10.8. The minimum Gasteiger partial charge on any atom is -0.300 e. The third-order valence-corrected chi connectivity index (χ3v) is 5.45. The second-order valence-corrected chi connectivity index (χ2v) is 7.02. The van der Waals surface area contributed by atoms with Crippen LogP contribution < -0.4 is 0 Å². The molecule has 1 aliphatic heterocycles. The Morgan fingerprint density at radius 2 is 1.86 bits per heavy atom. The van der Waals surface area contributed by atoms with E-state index in [1.165, 1.54) is 31.2 Å². The van der Waals surface area contributed by atoms with Crippen LogP contribution in [-0.2, 0) is 6.42 Å². The molecule has 1 aliphatic carbocycles. The Balaban J connectivity index is 1.52. The second-order valence-electron chi connectivity index (χ2n) is 6.58. The summed E-state index contributed by atoms with van der Waals surface area (Å²) in [6.45, 7) is 2.28. The minimum atomic E-state index is 0.192. The van der Waals surface area contributed by atoms with Crippen LogP contribution in [0.1, 0.15) is 37.7 Å². The van der Waals surface area contributed by atoms with Gasteiger partial charge in [-0.25, -0.2) is 0 Å². The van der Waals surface area contributed by atoms with Crippen molar-refractivity contribution in [2.24, 2.45) is 11.0 Å². The van der Waals surface area contributed by atoms with Gasteiger partial charge >= 0.3 is 0 Å². The van der Waals surface area contributed by atoms with Crippen LogP contribution in [0.5, 0.6) is 0 Å². The standard InChI is InChI=1S/C17H23ClN4/c18-15-6-4-13(5-7-15)12-14-8-10-22(11-9-14)17-3-1-2-16(17)20-21-19/h4-7,14,16-17H,1-3,8-12H2/t16-,17+/m0/s1. The van der Waals surface area contributed by atoms with Gasteiger partial charge in [0.1, 0.15) is 0 Å². The van der Waals surface area contributed by atoms with Gasteiger partial charge in [-0.1, -0.05) is 35.3 Å². The van der Waals surface area contributed by atoms with E-state index in [1.54, 1.807) is 0 Å². The van der Waals surface area contributed by atoms with Gasteiger partial charge in [-0.2, -0.15) is 0 Å². The zero-order chi connectivity index (χ0) is 15.4. The van der Waals surface area contributed by atoms with Crippen LogP contribution in [0.15, 0.2) is 29.4 Å². The molecule has 2 aliphatic rings. The summed E-state index contributed by atoms with van der Waals surface area (Å²) in [4.78, 5) is 5.59. The molecule has 0 amide bonds. The van der Waals surface area contributed by atoms with Crippen LogP contribution in [0.2, 0.25) is 5.02 Å². The van der Waals surface area contributed by atoms with E-state index in [2.05, 4.69) is 27.1 Å². The van der Waals surface area contributed by atoms with Crippen molar-refractivity contribution in [1.82, 2.24) is 4.90 Å². The highest BCUT2D eigenvalue weighted by molar-refractivity contribution is 6.30. The summed E-state index contributed by atoms with van der Waals surface area (Å²) in [6.07, 6.45) is 7.06. The predicted molar refractivity (Wildman–Crippen MR) is 90.0 cm³/mol. The van der Waals surface area contributed by atoms with Gasteiger partial charge in [0, 0.05) is 16.0 Å². The maximum atomic E-state index is 8.70. The molecule has 22 heavy (non-hydrogen) atoms. The van der Waals surface area contributed by atoms with Gasteiger partial charge in [0.25, 0.3) is 0 Å². The van der Waals surface area contributed by atoms with Crippen molar-refractivity contribution in [1.29, 1.82) is 0 Å². The maximum absolute atomic E-state index is 8.70. The molecule has 0 bridgehead atoms. The van der Waals surface area contributed by atoms with Crippen molar-refractivity contribution in [3.63, 3.8) is 0 Å². The smallest absolute Gasteiger partial charge is 0.0529 e. The number of hydrogen-bond donors (Lipinski definition) is 0. The molecular formula is C17H23ClN4. The zero-order valence-corrected chi connectivity index (χ0v) is 13.6. The molecule has 1 saturated carbocycles. The van der Waals surface area contributed by atoms with Crippen molar-refractivity contribution in [3.05, 3.63) is 45.3 Å². The van der Waals surface area contributed by atoms with Gasteiger partial charge < -0.3 is 0 Å². The number of benzene rings is 1. The fourth-order valence-corrected chi connectivity index (χ4v) is 4.12. The third kappa shape index (κ3) is 3.75. The third-order valence-electron chi connectivity index (χ3n) is 5.20. The van der Waals surface area contributed by atoms with Crippen LogP contribution >= 0.6 is 11.6 Å². The van der Waals surface area contributed by atoms with Crippen LogP contribution in [-0.4, -0.2) is 30.1 Å². The van der Waals surface area contributed by atoms with Gasteiger partial charge in [-0.05, 0) is 74.3 Å². The Bertz CT molecular complexity index is 530. The van der Waals surface area contributed by atoms with Crippen molar-refractivity contribution in [3.8, 4) is 0 Å². The quantitative estimate of drug-likeness (QED) is 0.446. The summed E-state index contributed by atoms with van der Waals surface area (Å²) in [5, 5.41) is 4.81. The normalized spacial score (nSPS) is 26.8. The van der Waals surface area contributed by atoms with E-state index in [4.69, 9.17) is 17.1 Å². The van der Waals surface area contributed by atoms with E-state index in [9.17, 15) is 0 Å². The van der Waals surface area contributed by atoms with Gasteiger partial charge in [0.2, 0.25) is 0 Å². The summed E-state index contributed by atoms with van der Waals surface area (Å²) < 4.78 is 0. The molecule has 2 fully saturated rings. The predicted octanol–water partition coefficient (Wildman–Crippen LogP) is 4.83. The largest absolute Gasteiger partial charge is 0.300 e. The fraction of sp³-hybridized carbons (Fsp3) is 0.647. The Morgan fingerprint density at radius 3 is 2.55 bits per heavy atom. The highest BCUT2D eigenvalue weighted by Gasteiger charge is 2.33. The lowest BCUT2D eigenvalue weighted by Crippen LogP contribution is -2.44. The van der Waals surface area contributed by atoms with Crippen LogP contribution in [0.4, 0.5) is 0 Å². The molecule has 5 heteroatoms. The van der Waals surface area contributed by atoms with E-state index in [0.29, 0.717) is 6.04 Å². The Hall–Kier alpha value is -1.22. The Labute approximate surface area is 137 Å². The fourth-order valence-electron chi connectivity index (χ4n) is 3.99. The Kier molecular flexibility index (Phi) is 5.24. The highest BCUT2D eigenvalue weighted by atomic mass is 35.5. The lowest BCUT2D eigenvalue weighted by molar-refractivity contribution is 0.125. The molecule has 2 atom stereocenters. The first kappa shape index (κ1) is 15.7. The summed E-state index contributed by atoms with van der Waals surface area (Å²) in [6, 6.07) is 8.92. The van der Waals surface area contributed by atoms with Crippen molar-refractivity contribution in [2.45, 2.75) is 50.6 Å². The summed E-state index contributed by atoms with van der Waals surface area (Å²) in [5.74, 6) is 0.761. The lowest BCUT2D eigenvalue weighted by Gasteiger charge is -2.37. The van der Waals surface area contributed by atoms with E-state index in [0.717, 1.165) is 36.9 Å². The maximum Gasteiger partial charge on any atom is 0.0529 e. The van der Waals surface area contributed by atoms with Crippen LogP contribution in [0.25, 0.3) is 10.4 Å². The van der Waals surface area contributed by atoms with Crippen LogP contribution in [0, 0.1) is 5.92 Å². The molecule has 0 spiro atoms. The molecule has 0 N–H and O–H groups in total. The topological polar surface area (TPSA) is 52.0 Å². The first-order valence-corrected chi connectivity index (χ1v) is 8.67. The van der Waals surface area contributed by atoms with Gasteiger partial charge in [-0.3, -0.25) is 4.90 Å². The highest BCUT2D eigenvalue weighted by Crippen LogP contribution is 2.31. The number of hydrogen-bond acceptors (Lipinski definition) is 2. The molecule has 0 radical (unpaired) electrons. The minimum absolute atomic E-state index is 0.192. The van der Waals surface area contributed by atoms with E-state index < -0.39 is 0 Å². The molecule has 118 valence electrons. The summed E-state index contributed by atoms with van der Waals surface area (Å²) >= 11 is 5.94. The molecule has 1 saturated heterocycles. The first-order valence-electron chi connectivity index (χ1n) is 8.29. The van der Waals surface area contributed by atoms with Gasteiger partial charge in [0.05, 0.1) is 6.04 Å². The number of piperidine rings is 1. The molecule has 1 aromatic carbocycles. The number of azide groups is 1. The average molecular weight is 319 g/mol. The van der Waals surface area contributed by atoms with E-state index >= 15 is 0 Å². The van der Waals surface area contributed by atoms with Crippen molar-refractivity contribution >= 4 is 11.6 Å². The number of rotatable bonds is 4. The van der Waals surface area contributed by atoms with Crippen LogP contribution in [0.3, 0.4) is 0 Å². The average Bonchev–Trinajstić information content (AvgIpc) is 2.99. The molecule has 1 aromatic rings. The molecule has 3 rings (SSSR count). The second kappa shape index (κ2) is 7.36. The van der Waals surface area contributed by atoms with Crippen molar-refractivity contribution < 1.29 is 0 Å². The van der Waals surface area contributed by atoms with Gasteiger partial charge in [-0.15, -0.1) is 0 Å². The van der Waals surface area contributed by atoms with Crippen molar-refractivity contribution in [2.75, 3.05) is 13.1 Å². The molecule has 0 unspecified atom stereocenters. The molecule has 1 heterocycles. The van der Waals surface area contributed by atoms with Gasteiger partial charge in [0.15, 0.2) is 0 Å². The summed E-state index contributed by atoms with van der Waals surface area (Å²) in [7, 11) is 0. The monoisotopic (exact) mass is 318 g/mol. The summed E-state index contributed by atoms with van der Waals surface area (Å²) in [5.41, 5.74) is 10.1. The van der Waals surface area contributed by atoms with E-state index in [-0.39, 0.29) is 6.04 Å². The number of halogens is 1. The molecule has 4 nitrogen and oxygen atoms in total. The number of nitrogens with zero attached hydrogens (tertiary/aromatic N) is 4. The Morgan fingerprint density at radius 1 is 1.14 bits per heavy atom. The SMILES string of the molecule is [N-]=[N+]=N[C@H]1CCC[C@H]1N1CCC(Cc2ccc(Cl)cc2)CC1. The molecule has 0 aromatic heterocycles.